The first-order valence-electron chi connectivity index (χ1n) is 6.95. The highest BCUT2D eigenvalue weighted by Gasteiger charge is 2.23. The van der Waals surface area contributed by atoms with Gasteiger partial charge in [-0.25, -0.2) is 0 Å². The molecule has 21 heavy (non-hydrogen) atoms. The van der Waals surface area contributed by atoms with Crippen LogP contribution >= 0.6 is 0 Å². The number of nitrogens with one attached hydrogen (secondary N) is 1. The molecule has 1 aromatic carbocycles. The van der Waals surface area contributed by atoms with E-state index in [1.54, 1.807) is 19.9 Å². The molecule has 1 amide bonds. The smallest absolute Gasteiger partial charge is 0.305 e. The fourth-order valence-corrected chi connectivity index (χ4v) is 1.95. The molecule has 0 aliphatic heterocycles. The molecule has 0 bridgehead atoms. The Balaban J connectivity index is 2.53. The average molecular weight is 293 g/mol. The van der Waals surface area contributed by atoms with Gasteiger partial charge in [0.25, 0.3) is 5.91 Å². The fraction of sp³-hybridized carbons (Fsp3) is 0.500. The number of hydrogen-bond donors (Lipinski definition) is 2. The number of carbonyl (C=O) groups excluding carboxylic acids is 1. The molecule has 0 spiro atoms. The lowest BCUT2D eigenvalue weighted by Crippen LogP contribution is -2.46. The lowest BCUT2D eigenvalue weighted by atomic mass is 10.0. The van der Waals surface area contributed by atoms with Crippen LogP contribution in [-0.2, 0) is 9.59 Å². The van der Waals surface area contributed by atoms with Crippen LogP contribution in [0.1, 0.15) is 45.6 Å². The van der Waals surface area contributed by atoms with E-state index in [0.29, 0.717) is 11.7 Å². The minimum absolute atomic E-state index is 0.134. The van der Waals surface area contributed by atoms with E-state index < -0.39 is 11.5 Å². The molecular weight excluding hydrogens is 270 g/mol. The SMILES string of the molecule is CC(C)c1cccc(OCC(=O)NC(C)(C)CC(=O)O)c1. The molecule has 0 saturated heterocycles. The number of carboxylic acids is 1. The van der Waals surface area contributed by atoms with Crippen molar-refractivity contribution in [2.24, 2.45) is 0 Å². The highest BCUT2D eigenvalue weighted by atomic mass is 16.5. The number of amides is 1. The fourth-order valence-electron chi connectivity index (χ4n) is 1.95. The average Bonchev–Trinajstić information content (AvgIpc) is 2.34. The van der Waals surface area contributed by atoms with Crippen molar-refractivity contribution < 1.29 is 19.4 Å². The summed E-state index contributed by atoms with van der Waals surface area (Å²) < 4.78 is 5.45. The summed E-state index contributed by atoms with van der Waals surface area (Å²) in [6, 6.07) is 7.59. The second kappa shape index (κ2) is 7.11. The first-order chi connectivity index (χ1) is 9.69. The van der Waals surface area contributed by atoms with Crippen molar-refractivity contribution in [3.05, 3.63) is 29.8 Å². The van der Waals surface area contributed by atoms with Gasteiger partial charge in [0.15, 0.2) is 6.61 Å². The molecule has 1 rings (SSSR count). The van der Waals surface area contributed by atoms with E-state index >= 15 is 0 Å². The summed E-state index contributed by atoms with van der Waals surface area (Å²) >= 11 is 0. The van der Waals surface area contributed by atoms with E-state index in [-0.39, 0.29) is 18.9 Å². The topological polar surface area (TPSA) is 75.6 Å². The number of carbonyl (C=O) groups is 2. The van der Waals surface area contributed by atoms with Gasteiger partial charge in [-0.3, -0.25) is 9.59 Å². The van der Waals surface area contributed by atoms with Gasteiger partial charge in [0.05, 0.1) is 6.42 Å². The van der Waals surface area contributed by atoms with E-state index in [9.17, 15) is 9.59 Å². The van der Waals surface area contributed by atoms with Gasteiger partial charge in [0.2, 0.25) is 0 Å². The molecule has 116 valence electrons. The van der Waals surface area contributed by atoms with Crippen molar-refractivity contribution in [3.8, 4) is 5.75 Å². The summed E-state index contributed by atoms with van der Waals surface area (Å²) in [4.78, 5) is 22.5. The Morgan fingerprint density at radius 1 is 1.33 bits per heavy atom. The summed E-state index contributed by atoms with van der Waals surface area (Å²) in [6.45, 7) is 7.36. The summed E-state index contributed by atoms with van der Waals surface area (Å²) in [5.74, 6) is -0.272. The molecule has 5 nitrogen and oxygen atoms in total. The van der Waals surface area contributed by atoms with E-state index in [2.05, 4.69) is 19.2 Å². The maximum absolute atomic E-state index is 11.8. The van der Waals surface area contributed by atoms with Crippen LogP contribution in [0, 0.1) is 0 Å². The molecule has 0 atom stereocenters. The number of ether oxygens (including phenoxy) is 1. The third kappa shape index (κ3) is 6.29. The molecule has 1 aromatic rings. The Morgan fingerprint density at radius 3 is 2.57 bits per heavy atom. The van der Waals surface area contributed by atoms with Gasteiger partial charge in [0, 0.05) is 5.54 Å². The lowest BCUT2D eigenvalue weighted by Gasteiger charge is -2.24. The number of aliphatic carboxylic acids is 1. The standard InChI is InChI=1S/C16H23NO4/c1-11(2)12-6-5-7-13(8-12)21-10-14(18)17-16(3,4)9-15(19)20/h5-8,11H,9-10H2,1-4H3,(H,17,18)(H,19,20). The highest BCUT2D eigenvalue weighted by molar-refractivity contribution is 5.79. The maximum Gasteiger partial charge on any atom is 0.305 e. The third-order valence-electron chi connectivity index (χ3n) is 2.97. The Kier molecular flexibility index (Phi) is 5.76. The molecular formula is C16H23NO4. The van der Waals surface area contributed by atoms with E-state index in [4.69, 9.17) is 9.84 Å². The largest absolute Gasteiger partial charge is 0.484 e. The van der Waals surface area contributed by atoms with Crippen molar-refractivity contribution in [3.63, 3.8) is 0 Å². The normalized spacial score (nSPS) is 11.3. The number of hydrogen-bond acceptors (Lipinski definition) is 3. The van der Waals surface area contributed by atoms with Gasteiger partial charge in [0.1, 0.15) is 5.75 Å². The Labute approximate surface area is 125 Å². The molecule has 0 heterocycles. The van der Waals surface area contributed by atoms with Gasteiger partial charge < -0.3 is 15.2 Å². The minimum atomic E-state index is -0.953. The van der Waals surface area contributed by atoms with Crippen molar-refractivity contribution in [2.75, 3.05) is 6.61 Å². The predicted molar refractivity (Wildman–Crippen MR) is 80.5 cm³/mol. The lowest BCUT2D eigenvalue weighted by molar-refractivity contribution is -0.138. The molecule has 0 radical (unpaired) electrons. The predicted octanol–water partition coefficient (Wildman–Crippen LogP) is 2.56. The summed E-state index contributed by atoms with van der Waals surface area (Å²) in [7, 11) is 0. The summed E-state index contributed by atoms with van der Waals surface area (Å²) in [6.07, 6.45) is -0.137. The van der Waals surface area contributed by atoms with Crippen LogP contribution in [0.2, 0.25) is 0 Å². The molecule has 0 aromatic heterocycles. The van der Waals surface area contributed by atoms with Crippen LogP contribution in [0.25, 0.3) is 0 Å². The number of rotatable bonds is 7. The number of benzene rings is 1. The van der Waals surface area contributed by atoms with Crippen molar-refractivity contribution >= 4 is 11.9 Å². The van der Waals surface area contributed by atoms with Gasteiger partial charge >= 0.3 is 5.97 Å². The molecule has 0 fully saturated rings. The van der Waals surface area contributed by atoms with E-state index in [1.807, 2.05) is 18.2 Å². The van der Waals surface area contributed by atoms with Crippen molar-refractivity contribution in [1.29, 1.82) is 0 Å². The highest BCUT2D eigenvalue weighted by Crippen LogP contribution is 2.20. The Hall–Kier alpha value is -2.04. The van der Waals surface area contributed by atoms with Gasteiger partial charge in [-0.1, -0.05) is 26.0 Å². The molecule has 0 aliphatic carbocycles. The summed E-state index contributed by atoms with van der Waals surface area (Å²) in [5, 5.41) is 11.4. The quantitative estimate of drug-likeness (QED) is 0.810. The second-order valence-electron chi connectivity index (χ2n) is 6.02. The Morgan fingerprint density at radius 2 is 2.00 bits per heavy atom. The third-order valence-corrected chi connectivity index (χ3v) is 2.97. The zero-order valence-electron chi connectivity index (χ0n) is 13.0. The monoisotopic (exact) mass is 293 g/mol. The first-order valence-corrected chi connectivity index (χ1v) is 6.95. The zero-order valence-corrected chi connectivity index (χ0v) is 13.0. The molecule has 0 unspecified atom stereocenters. The van der Waals surface area contributed by atoms with Crippen LogP contribution in [0.15, 0.2) is 24.3 Å². The molecule has 0 saturated carbocycles. The molecule has 2 N–H and O–H groups in total. The second-order valence-corrected chi connectivity index (χ2v) is 6.02. The summed E-state index contributed by atoms with van der Waals surface area (Å²) in [5.41, 5.74) is 0.339. The van der Waals surface area contributed by atoms with Crippen molar-refractivity contribution in [1.82, 2.24) is 5.32 Å². The van der Waals surface area contributed by atoms with Gasteiger partial charge in [-0.2, -0.15) is 0 Å². The van der Waals surface area contributed by atoms with Crippen LogP contribution in [-0.4, -0.2) is 29.1 Å². The van der Waals surface area contributed by atoms with E-state index in [1.165, 1.54) is 0 Å². The minimum Gasteiger partial charge on any atom is -0.484 e. The first kappa shape index (κ1) is 17.0. The number of carboxylic acid groups (broad SMARTS) is 1. The molecule has 0 aliphatic rings. The van der Waals surface area contributed by atoms with Crippen LogP contribution in [0.5, 0.6) is 5.75 Å². The van der Waals surface area contributed by atoms with E-state index in [0.717, 1.165) is 5.56 Å². The Bertz CT molecular complexity index is 509. The van der Waals surface area contributed by atoms with Gasteiger partial charge in [-0.05, 0) is 37.5 Å². The van der Waals surface area contributed by atoms with Crippen LogP contribution in [0.4, 0.5) is 0 Å². The van der Waals surface area contributed by atoms with Crippen LogP contribution in [0.3, 0.4) is 0 Å². The maximum atomic E-state index is 11.8. The van der Waals surface area contributed by atoms with Gasteiger partial charge in [-0.15, -0.1) is 0 Å². The zero-order chi connectivity index (χ0) is 16.0. The molecule has 5 heteroatoms. The van der Waals surface area contributed by atoms with Crippen molar-refractivity contribution in [2.45, 2.75) is 45.6 Å². The van der Waals surface area contributed by atoms with Crippen LogP contribution < -0.4 is 10.1 Å².